The Balaban J connectivity index is 2.35. The van der Waals surface area contributed by atoms with Crippen molar-refractivity contribution in [2.45, 2.75) is 59.4 Å². The Bertz CT molecular complexity index is 1060. The van der Waals surface area contributed by atoms with E-state index in [0.717, 1.165) is 18.4 Å². The van der Waals surface area contributed by atoms with E-state index in [1.807, 2.05) is 32.9 Å². The molecule has 1 heterocycles. The van der Waals surface area contributed by atoms with Crippen LogP contribution in [0.3, 0.4) is 0 Å². The van der Waals surface area contributed by atoms with Crippen LogP contribution in [0, 0.1) is 5.92 Å². The van der Waals surface area contributed by atoms with Crippen LogP contribution in [0.2, 0.25) is 0 Å². The minimum atomic E-state index is -0.645. The summed E-state index contributed by atoms with van der Waals surface area (Å²) in [5, 5.41) is 0. The maximum absolute atomic E-state index is 13.3. The minimum absolute atomic E-state index is 0.0282. The van der Waals surface area contributed by atoms with E-state index in [0.29, 0.717) is 43.3 Å². The molecular formula is C24H36N4O5. The first kappa shape index (κ1) is 26.0. The van der Waals surface area contributed by atoms with Crippen LogP contribution < -0.4 is 31.4 Å². The summed E-state index contributed by atoms with van der Waals surface area (Å²) in [6.45, 7) is 6.80. The van der Waals surface area contributed by atoms with Crippen LogP contribution in [0.15, 0.2) is 27.8 Å². The number of aromatic nitrogens is 2. The minimum Gasteiger partial charge on any atom is -0.493 e. The Kier molecular flexibility index (Phi) is 9.57. The zero-order chi connectivity index (χ0) is 24.5. The summed E-state index contributed by atoms with van der Waals surface area (Å²) in [5.41, 5.74) is 6.01. The number of nitrogens with one attached hydrogen (secondary N) is 1. The second-order valence-corrected chi connectivity index (χ2v) is 8.42. The molecule has 0 bridgehead atoms. The van der Waals surface area contributed by atoms with Crippen molar-refractivity contribution in [3.8, 4) is 11.5 Å². The molecule has 182 valence electrons. The number of methoxy groups -OCH3 is 2. The van der Waals surface area contributed by atoms with Crippen LogP contribution in [-0.4, -0.2) is 36.2 Å². The number of hydrogen-bond acceptors (Lipinski definition) is 6. The molecule has 0 spiro atoms. The topological polar surface area (TPSA) is 120 Å². The van der Waals surface area contributed by atoms with Crippen molar-refractivity contribution in [1.82, 2.24) is 9.55 Å². The Morgan fingerprint density at radius 1 is 1.18 bits per heavy atom. The van der Waals surface area contributed by atoms with Crippen LogP contribution >= 0.6 is 0 Å². The van der Waals surface area contributed by atoms with E-state index < -0.39 is 11.2 Å². The summed E-state index contributed by atoms with van der Waals surface area (Å²) in [5.74, 6) is 1.31. The van der Waals surface area contributed by atoms with Gasteiger partial charge in [0, 0.05) is 19.5 Å². The molecule has 0 aliphatic heterocycles. The zero-order valence-corrected chi connectivity index (χ0v) is 20.3. The third-order valence-electron chi connectivity index (χ3n) is 5.53. The van der Waals surface area contributed by atoms with Gasteiger partial charge in [-0.2, -0.15) is 0 Å². The van der Waals surface area contributed by atoms with E-state index in [9.17, 15) is 14.4 Å². The monoisotopic (exact) mass is 460 g/mol. The Hall–Kier alpha value is -3.23. The van der Waals surface area contributed by atoms with Gasteiger partial charge in [0.05, 0.1) is 14.2 Å². The number of amides is 1. The van der Waals surface area contributed by atoms with Crippen LogP contribution in [0.25, 0.3) is 0 Å². The maximum atomic E-state index is 13.3. The molecule has 33 heavy (non-hydrogen) atoms. The number of aromatic amines is 1. The van der Waals surface area contributed by atoms with Gasteiger partial charge in [-0.25, -0.2) is 4.79 Å². The van der Waals surface area contributed by atoms with E-state index >= 15 is 0 Å². The Labute approximate surface area is 194 Å². The van der Waals surface area contributed by atoms with E-state index in [1.165, 1.54) is 9.47 Å². The average Bonchev–Trinajstić information content (AvgIpc) is 2.78. The van der Waals surface area contributed by atoms with Crippen LogP contribution in [0.4, 0.5) is 11.5 Å². The van der Waals surface area contributed by atoms with Crippen LogP contribution in [0.1, 0.15) is 52.0 Å². The quantitative estimate of drug-likeness (QED) is 0.503. The number of benzene rings is 1. The van der Waals surface area contributed by atoms with E-state index in [1.54, 1.807) is 20.3 Å². The number of rotatable bonds is 12. The van der Waals surface area contributed by atoms with Crippen molar-refractivity contribution in [1.29, 1.82) is 0 Å². The van der Waals surface area contributed by atoms with Gasteiger partial charge in [-0.3, -0.25) is 19.1 Å². The highest BCUT2D eigenvalue weighted by molar-refractivity contribution is 5.95. The molecule has 0 aliphatic carbocycles. The summed E-state index contributed by atoms with van der Waals surface area (Å²) < 4.78 is 11.9. The summed E-state index contributed by atoms with van der Waals surface area (Å²) in [6, 6.07) is 5.50. The molecule has 1 aromatic carbocycles. The molecule has 0 fully saturated rings. The molecule has 1 aromatic heterocycles. The van der Waals surface area contributed by atoms with E-state index in [4.69, 9.17) is 15.2 Å². The maximum Gasteiger partial charge on any atom is 0.330 e. The van der Waals surface area contributed by atoms with Crippen molar-refractivity contribution in [3.63, 3.8) is 0 Å². The molecule has 0 unspecified atom stereocenters. The number of hydrogen-bond donors (Lipinski definition) is 2. The summed E-state index contributed by atoms with van der Waals surface area (Å²) in [6.07, 6.45) is 2.90. The molecule has 3 N–H and O–H groups in total. The highest BCUT2D eigenvalue weighted by Crippen LogP contribution is 2.28. The van der Waals surface area contributed by atoms with Crippen LogP contribution in [-0.2, 0) is 17.8 Å². The Morgan fingerprint density at radius 3 is 2.48 bits per heavy atom. The van der Waals surface area contributed by atoms with Gasteiger partial charge in [-0.05, 0) is 42.9 Å². The number of carbonyl (C=O) groups is 1. The third kappa shape index (κ3) is 6.63. The zero-order valence-electron chi connectivity index (χ0n) is 20.3. The van der Waals surface area contributed by atoms with Crippen LogP contribution in [0.5, 0.6) is 11.5 Å². The molecule has 0 aliphatic rings. The van der Waals surface area contributed by atoms with E-state index in [-0.39, 0.29) is 23.8 Å². The fraction of sp³-hybridized carbons (Fsp3) is 0.542. The smallest absolute Gasteiger partial charge is 0.330 e. The lowest BCUT2D eigenvalue weighted by Crippen LogP contribution is -2.42. The average molecular weight is 461 g/mol. The largest absolute Gasteiger partial charge is 0.493 e. The van der Waals surface area contributed by atoms with Crippen molar-refractivity contribution < 1.29 is 14.3 Å². The number of anilines is 2. The van der Waals surface area contributed by atoms with Gasteiger partial charge in [-0.1, -0.05) is 33.3 Å². The highest BCUT2D eigenvalue weighted by atomic mass is 16.5. The first-order chi connectivity index (χ1) is 15.7. The molecule has 1 amide bonds. The number of carbonyl (C=O) groups excluding carboxylic acids is 1. The lowest BCUT2D eigenvalue weighted by molar-refractivity contribution is -0.118. The molecular weight excluding hydrogens is 424 g/mol. The first-order valence-corrected chi connectivity index (χ1v) is 11.4. The second-order valence-electron chi connectivity index (χ2n) is 8.42. The Morgan fingerprint density at radius 2 is 1.88 bits per heavy atom. The van der Waals surface area contributed by atoms with Gasteiger partial charge >= 0.3 is 5.69 Å². The number of aryl methyl sites for hydroxylation is 1. The molecule has 2 rings (SSSR count). The number of ether oxygens (including phenoxy) is 2. The summed E-state index contributed by atoms with van der Waals surface area (Å²) in [4.78, 5) is 42.1. The van der Waals surface area contributed by atoms with E-state index in [2.05, 4.69) is 4.98 Å². The van der Waals surface area contributed by atoms with Gasteiger partial charge in [0.25, 0.3) is 5.56 Å². The number of nitrogens with two attached hydrogens (primary N) is 1. The fourth-order valence-electron chi connectivity index (χ4n) is 3.55. The predicted molar refractivity (Wildman–Crippen MR) is 130 cm³/mol. The van der Waals surface area contributed by atoms with Gasteiger partial charge in [0.2, 0.25) is 5.91 Å². The standard InChI is InChI=1S/C24H36N4O5/c1-6-7-13-28-22(25)21(23(30)26-24(28)31)27(14-12-16(2)3)20(29)11-9-17-8-10-18(32-4)19(15-17)33-5/h8,10,15-16H,6-7,9,11-14,25H2,1-5H3,(H,26,30,31). The molecule has 2 aromatic rings. The molecule has 0 atom stereocenters. The number of nitrogen functional groups attached to an aromatic ring is 1. The van der Waals surface area contributed by atoms with Gasteiger partial charge in [-0.15, -0.1) is 0 Å². The molecule has 9 heteroatoms. The second kappa shape index (κ2) is 12.1. The van der Waals surface area contributed by atoms with Crippen molar-refractivity contribution >= 4 is 17.4 Å². The van der Waals surface area contributed by atoms with Gasteiger partial charge < -0.3 is 20.1 Å². The summed E-state index contributed by atoms with van der Waals surface area (Å²) >= 11 is 0. The third-order valence-corrected chi connectivity index (χ3v) is 5.53. The number of H-pyrrole nitrogens is 1. The highest BCUT2D eigenvalue weighted by Gasteiger charge is 2.24. The lowest BCUT2D eigenvalue weighted by atomic mass is 10.1. The first-order valence-electron chi connectivity index (χ1n) is 11.4. The fourth-order valence-corrected chi connectivity index (χ4v) is 3.55. The molecule has 0 saturated heterocycles. The number of unbranched alkanes of at least 4 members (excludes halogenated alkanes) is 1. The number of nitrogens with zero attached hydrogens (tertiary/aromatic N) is 2. The predicted octanol–water partition coefficient (Wildman–Crippen LogP) is 2.95. The van der Waals surface area contributed by atoms with Gasteiger partial charge in [0.1, 0.15) is 5.82 Å². The molecule has 0 saturated carbocycles. The molecule has 0 radical (unpaired) electrons. The SMILES string of the molecule is CCCCn1c(N)c(N(CCC(C)C)C(=O)CCc2ccc(OC)c(OC)c2)c(=O)[nH]c1=O. The van der Waals surface area contributed by atoms with Crippen molar-refractivity contribution in [2.24, 2.45) is 5.92 Å². The molecule has 9 nitrogen and oxygen atoms in total. The van der Waals surface area contributed by atoms with Gasteiger partial charge in [0.15, 0.2) is 17.2 Å². The normalized spacial score (nSPS) is 11.0. The summed E-state index contributed by atoms with van der Waals surface area (Å²) in [7, 11) is 3.12. The van der Waals surface area contributed by atoms with Crippen molar-refractivity contribution in [2.75, 3.05) is 31.4 Å². The lowest BCUT2D eigenvalue weighted by Gasteiger charge is -2.25. The van der Waals surface area contributed by atoms with Crippen molar-refractivity contribution in [3.05, 3.63) is 44.6 Å².